The molecular weight excluding hydrogens is 290 g/mol. The van der Waals surface area contributed by atoms with E-state index in [2.05, 4.69) is 15.6 Å². The van der Waals surface area contributed by atoms with Crippen molar-refractivity contribution in [2.45, 2.75) is 6.54 Å². The van der Waals surface area contributed by atoms with Gasteiger partial charge < -0.3 is 15.4 Å². The van der Waals surface area contributed by atoms with E-state index in [9.17, 15) is 4.79 Å². The zero-order chi connectivity index (χ0) is 14.9. The summed E-state index contributed by atoms with van der Waals surface area (Å²) in [4.78, 5) is 15.5. The van der Waals surface area contributed by atoms with Crippen molar-refractivity contribution in [2.24, 2.45) is 0 Å². The first-order chi connectivity index (χ1) is 10.3. The van der Waals surface area contributed by atoms with Gasteiger partial charge in [-0.05, 0) is 29.8 Å². The summed E-state index contributed by atoms with van der Waals surface area (Å²) in [5.41, 5.74) is 0.993. The Kier molecular flexibility index (Phi) is 5.84. The highest BCUT2D eigenvalue weighted by molar-refractivity contribution is 6.32. The van der Waals surface area contributed by atoms with Crippen molar-refractivity contribution in [2.75, 3.05) is 13.2 Å². The van der Waals surface area contributed by atoms with Crippen LogP contribution in [0.25, 0.3) is 0 Å². The molecule has 110 valence electrons. The molecule has 0 atom stereocenters. The van der Waals surface area contributed by atoms with Gasteiger partial charge in [0.15, 0.2) is 0 Å². The van der Waals surface area contributed by atoms with Crippen molar-refractivity contribution in [1.29, 1.82) is 0 Å². The third-order valence-electron chi connectivity index (χ3n) is 2.68. The van der Waals surface area contributed by atoms with Crippen LogP contribution in [0.1, 0.15) is 5.56 Å². The summed E-state index contributed by atoms with van der Waals surface area (Å²) < 4.78 is 5.47. The van der Waals surface area contributed by atoms with Crippen molar-refractivity contribution in [1.82, 2.24) is 15.6 Å². The minimum atomic E-state index is -0.241. The van der Waals surface area contributed by atoms with Gasteiger partial charge in [-0.1, -0.05) is 23.7 Å². The summed E-state index contributed by atoms with van der Waals surface area (Å²) in [7, 11) is 0. The molecule has 2 aromatic rings. The molecule has 21 heavy (non-hydrogen) atoms. The number of urea groups is 1. The number of aromatic nitrogens is 1. The molecule has 5 nitrogen and oxygen atoms in total. The fourth-order valence-electron chi connectivity index (χ4n) is 1.63. The molecule has 1 heterocycles. The van der Waals surface area contributed by atoms with Crippen molar-refractivity contribution in [3.05, 3.63) is 59.4 Å². The highest BCUT2D eigenvalue weighted by Crippen LogP contribution is 2.22. The first kappa shape index (κ1) is 15.1. The molecule has 0 aliphatic heterocycles. The Balaban J connectivity index is 1.62. The molecule has 2 rings (SSSR count). The van der Waals surface area contributed by atoms with E-state index >= 15 is 0 Å². The molecule has 0 saturated heterocycles. The molecule has 0 spiro atoms. The normalized spacial score (nSPS) is 9.95. The van der Waals surface area contributed by atoms with Crippen LogP contribution >= 0.6 is 11.6 Å². The number of pyridine rings is 1. The van der Waals surface area contributed by atoms with Gasteiger partial charge >= 0.3 is 6.03 Å². The number of amides is 2. The van der Waals surface area contributed by atoms with Crippen molar-refractivity contribution in [3.63, 3.8) is 0 Å². The number of hydrogen-bond acceptors (Lipinski definition) is 3. The molecule has 0 saturated carbocycles. The third-order valence-corrected chi connectivity index (χ3v) is 3.00. The van der Waals surface area contributed by atoms with Crippen LogP contribution in [0.3, 0.4) is 0 Å². The lowest BCUT2D eigenvalue weighted by molar-refractivity contribution is 0.236. The fraction of sp³-hybridized carbons (Fsp3) is 0.200. The van der Waals surface area contributed by atoms with Gasteiger partial charge in [0, 0.05) is 18.9 Å². The van der Waals surface area contributed by atoms with E-state index in [1.54, 1.807) is 24.5 Å². The van der Waals surface area contributed by atoms with Crippen LogP contribution < -0.4 is 15.4 Å². The molecule has 0 fully saturated rings. The van der Waals surface area contributed by atoms with Gasteiger partial charge in [-0.25, -0.2) is 4.79 Å². The van der Waals surface area contributed by atoms with Crippen molar-refractivity contribution < 1.29 is 9.53 Å². The molecule has 0 bridgehead atoms. The first-order valence-electron chi connectivity index (χ1n) is 6.53. The number of carbonyl (C=O) groups excluding carboxylic acids is 1. The molecule has 0 aliphatic carbocycles. The van der Waals surface area contributed by atoms with Crippen LogP contribution in [0.4, 0.5) is 4.79 Å². The molecule has 1 aromatic carbocycles. The Bertz CT molecular complexity index is 578. The SMILES string of the molecule is O=C(NCCOc1ccccc1Cl)NCc1ccncc1. The summed E-state index contributed by atoms with van der Waals surface area (Å²) >= 11 is 5.95. The van der Waals surface area contributed by atoms with E-state index in [1.807, 2.05) is 24.3 Å². The molecule has 0 radical (unpaired) electrons. The first-order valence-corrected chi connectivity index (χ1v) is 6.91. The van der Waals surface area contributed by atoms with E-state index in [-0.39, 0.29) is 6.03 Å². The number of nitrogens with one attached hydrogen (secondary N) is 2. The van der Waals surface area contributed by atoms with Crippen molar-refractivity contribution >= 4 is 17.6 Å². The highest BCUT2D eigenvalue weighted by Gasteiger charge is 2.01. The minimum Gasteiger partial charge on any atom is -0.490 e. The van der Waals surface area contributed by atoms with Gasteiger partial charge in [0.2, 0.25) is 0 Å². The maximum atomic E-state index is 11.6. The molecular formula is C15H16ClN3O2. The second-order valence-electron chi connectivity index (χ2n) is 4.24. The summed E-state index contributed by atoms with van der Waals surface area (Å²) in [5, 5.41) is 6.01. The zero-order valence-electron chi connectivity index (χ0n) is 11.4. The lowest BCUT2D eigenvalue weighted by atomic mass is 10.3. The number of halogens is 1. The Morgan fingerprint density at radius 1 is 1.14 bits per heavy atom. The Hall–Kier alpha value is -2.27. The highest BCUT2D eigenvalue weighted by atomic mass is 35.5. The summed E-state index contributed by atoms with van der Waals surface area (Å²) in [6.45, 7) is 1.21. The van der Waals surface area contributed by atoms with Gasteiger partial charge in [0.25, 0.3) is 0 Å². The standard InChI is InChI=1S/C15H16ClN3O2/c16-13-3-1-2-4-14(13)21-10-9-18-15(20)19-11-12-5-7-17-8-6-12/h1-8H,9-11H2,(H2,18,19,20). The van der Waals surface area contributed by atoms with Crippen LogP contribution in [0, 0.1) is 0 Å². The van der Waals surface area contributed by atoms with E-state index in [1.165, 1.54) is 0 Å². The van der Waals surface area contributed by atoms with Crippen LogP contribution in [-0.4, -0.2) is 24.2 Å². The maximum Gasteiger partial charge on any atom is 0.315 e. The third kappa shape index (κ3) is 5.31. The van der Waals surface area contributed by atoms with E-state index in [4.69, 9.17) is 16.3 Å². The van der Waals surface area contributed by atoms with Crippen LogP contribution in [0.15, 0.2) is 48.8 Å². The topological polar surface area (TPSA) is 63.2 Å². The maximum absolute atomic E-state index is 11.6. The average molecular weight is 306 g/mol. The average Bonchev–Trinajstić information content (AvgIpc) is 2.52. The van der Waals surface area contributed by atoms with Crippen LogP contribution in [-0.2, 0) is 6.54 Å². The number of para-hydroxylation sites is 1. The largest absolute Gasteiger partial charge is 0.490 e. The number of rotatable bonds is 6. The predicted octanol–water partition coefficient (Wildman–Crippen LogP) is 2.61. The summed E-state index contributed by atoms with van der Waals surface area (Å²) in [5.74, 6) is 0.609. The monoisotopic (exact) mass is 305 g/mol. The van der Waals surface area contributed by atoms with Crippen LogP contribution in [0.5, 0.6) is 5.75 Å². The van der Waals surface area contributed by atoms with Gasteiger partial charge in [-0.15, -0.1) is 0 Å². The quantitative estimate of drug-likeness (QED) is 0.806. The van der Waals surface area contributed by atoms with Crippen LogP contribution in [0.2, 0.25) is 5.02 Å². The predicted molar refractivity (Wildman–Crippen MR) is 81.4 cm³/mol. The lowest BCUT2D eigenvalue weighted by Gasteiger charge is -2.09. The molecule has 0 unspecified atom stereocenters. The second-order valence-corrected chi connectivity index (χ2v) is 4.65. The molecule has 6 heteroatoms. The van der Waals surface area contributed by atoms with Gasteiger partial charge in [0.05, 0.1) is 11.6 Å². The number of hydrogen-bond donors (Lipinski definition) is 2. The molecule has 1 aromatic heterocycles. The fourth-order valence-corrected chi connectivity index (χ4v) is 1.82. The molecule has 0 aliphatic rings. The summed E-state index contributed by atoms with van der Waals surface area (Å²) in [6, 6.07) is 10.7. The number of ether oxygens (including phenoxy) is 1. The van der Waals surface area contributed by atoms with E-state index in [0.29, 0.717) is 30.5 Å². The van der Waals surface area contributed by atoms with Crippen molar-refractivity contribution in [3.8, 4) is 5.75 Å². The van der Waals surface area contributed by atoms with E-state index < -0.39 is 0 Å². The molecule has 2 amide bonds. The number of benzene rings is 1. The Morgan fingerprint density at radius 3 is 2.67 bits per heavy atom. The Morgan fingerprint density at radius 2 is 1.90 bits per heavy atom. The van der Waals surface area contributed by atoms with Gasteiger partial charge in [-0.3, -0.25) is 4.98 Å². The second kappa shape index (κ2) is 8.11. The smallest absolute Gasteiger partial charge is 0.315 e. The van der Waals surface area contributed by atoms with Gasteiger partial charge in [0.1, 0.15) is 12.4 Å². The summed E-state index contributed by atoms with van der Waals surface area (Å²) in [6.07, 6.45) is 3.37. The zero-order valence-corrected chi connectivity index (χ0v) is 12.1. The van der Waals surface area contributed by atoms with Gasteiger partial charge in [-0.2, -0.15) is 0 Å². The minimum absolute atomic E-state index is 0.241. The molecule has 2 N–H and O–H groups in total. The number of carbonyl (C=O) groups is 1. The Labute approximate surface area is 128 Å². The number of nitrogens with zero attached hydrogens (tertiary/aromatic N) is 1. The van der Waals surface area contributed by atoms with E-state index in [0.717, 1.165) is 5.56 Å². The lowest BCUT2D eigenvalue weighted by Crippen LogP contribution is -2.37.